The van der Waals surface area contributed by atoms with Crippen LogP contribution in [0.4, 0.5) is 5.82 Å². The van der Waals surface area contributed by atoms with Gasteiger partial charge in [-0.15, -0.1) is 11.3 Å². The van der Waals surface area contributed by atoms with Crippen LogP contribution < -0.4 is 14.8 Å². The van der Waals surface area contributed by atoms with Gasteiger partial charge in [0.05, 0.1) is 5.39 Å². The Hall–Kier alpha value is -3.13. The number of hydrogen-bond acceptors (Lipinski definition) is 7. The molecule has 0 unspecified atom stereocenters. The van der Waals surface area contributed by atoms with Gasteiger partial charge in [-0.25, -0.2) is 9.97 Å². The van der Waals surface area contributed by atoms with E-state index in [1.807, 2.05) is 29.0 Å². The van der Waals surface area contributed by atoms with Crippen molar-refractivity contribution in [1.82, 2.24) is 19.5 Å². The number of anilines is 1. The van der Waals surface area contributed by atoms with Gasteiger partial charge in [-0.1, -0.05) is 6.07 Å². The molecule has 136 valence electrons. The van der Waals surface area contributed by atoms with Gasteiger partial charge in [-0.05, 0) is 37.1 Å². The third kappa shape index (κ3) is 2.78. The van der Waals surface area contributed by atoms with Crippen LogP contribution in [0.25, 0.3) is 16.2 Å². The molecule has 8 heteroatoms. The first-order valence-electron chi connectivity index (χ1n) is 8.57. The molecule has 0 saturated heterocycles. The fourth-order valence-electron chi connectivity index (χ4n) is 3.10. The molecule has 27 heavy (non-hydrogen) atoms. The average Bonchev–Trinajstić information content (AvgIpc) is 3.40. The first kappa shape index (κ1) is 16.1. The van der Waals surface area contributed by atoms with Crippen LogP contribution in [0.5, 0.6) is 11.5 Å². The smallest absolute Gasteiger partial charge is 0.238 e. The number of ether oxygens (including phenoxy) is 2. The van der Waals surface area contributed by atoms with Crippen molar-refractivity contribution in [3.05, 3.63) is 52.9 Å². The molecule has 0 saturated carbocycles. The van der Waals surface area contributed by atoms with Crippen LogP contribution in [0.3, 0.4) is 0 Å². The molecule has 3 aromatic heterocycles. The molecule has 5 rings (SSSR count). The predicted octanol–water partition coefficient (Wildman–Crippen LogP) is 3.83. The van der Waals surface area contributed by atoms with Crippen molar-refractivity contribution in [1.29, 1.82) is 0 Å². The number of thiophene rings is 1. The summed E-state index contributed by atoms with van der Waals surface area (Å²) < 4.78 is 12.7. The van der Waals surface area contributed by atoms with Crippen molar-refractivity contribution in [2.45, 2.75) is 20.4 Å². The summed E-state index contributed by atoms with van der Waals surface area (Å²) in [6.07, 6.45) is 5.27. The molecular formula is C19H17N5O2S. The quantitative estimate of drug-likeness (QED) is 0.581. The van der Waals surface area contributed by atoms with Gasteiger partial charge in [-0.3, -0.25) is 4.57 Å². The molecule has 0 bridgehead atoms. The highest BCUT2D eigenvalue weighted by Gasteiger charge is 2.17. The summed E-state index contributed by atoms with van der Waals surface area (Å²) >= 11 is 1.68. The summed E-state index contributed by atoms with van der Waals surface area (Å²) in [5.74, 6) is 3.00. The van der Waals surface area contributed by atoms with E-state index < -0.39 is 0 Å². The molecule has 1 aromatic carbocycles. The van der Waals surface area contributed by atoms with E-state index in [0.29, 0.717) is 12.5 Å². The van der Waals surface area contributed by atoms with Gasteiger partial charge in [-0.2, -0.15) is 4.98 Å². The van der Waals surface area contributed by atoms with Gasteiger partial charge < -0.3 is 14.8 Å². The SMILES string of the molecule is Cc1sc2nc(-n3ccnc3)nc(NCc3ccc4c(c3)OCO4)c2c1C. The minimum absolute atomic E-state index is 0.278. The summed E-state index contributed by atoms with van der Waals surface area (Å²) in [4.78, 5) is 15.8. The standard InChI is InChI=1S/C19H17N5O2S/c1-11-12(2)27-18-16(11)17(22-19(23-18)24-6-5-20-9-24)21-8-13-3-4-14-15(7-13)26-10-25-14/h3-7,9H,8,10H2,1-2H3,(H,21,22,23). The number of fused-ring (bicyclic) bond motifs is 2. The number of nitrogens with one attached hydrogen (secondary N) is 1. The summed E-state index contributed by atoms with van der Waals surface area (Å²) in [6, 6.07) is 5.96. The maximum absolute atomic E-state index is 5.47. The molecule has 0 amide bonds. The van der Waals surface area contributed by atoms with Crippen LogP contribution in [0.2, 0.25) is 0 Å². The first-order valence-corrected chi connectivity index (χ1v) is 9.39. The number of imidazole rings is 1. The Bertz CT molecular complexity index is 1140. The molecule has 0 spiro atoms. The molecule has 1 aliphatic heterocycles. The lowest BCUT2D eigenvalue weighted by atomic mass is 10.2. The van der Waals surface area contributed by atoms with Crippen LogP contribution in [0.15, 0.2) is 36.9 Å². The lowest BCUT2D eigenvalue weighted by Crippen LogP contribution is -2.06. The second-order valence-electron chi connectivity index (χ2n) is 6.35. The monoisotopic (exact) mass is 379 g/mol. The highest BCUT2D eigenvalue weighted by molar-refractivity contribution is 7.18. The summed E-state index contributed by atoms with van der Waals surface area (Å²) in [5, 5.41) is 4.55. The fourth-order valence-corrected chi connectivity index (χ4v) is 4.12. The summed E-state index contributed by atoms with van der Waals surface area (Å²) in [5.41, 5.74) is 2.31. The largest absolute Gasteiger partial charge is 0.454 e. The minimum Gasteiger partial charge on any atom is -0.454 e. The molecular weight excluding hydrogens is 362 g/mol. The predicted molar refractivity (Wildman–Crippen MR) is 104 cm³/mol. The van der Waals surface area contributed by atoms with Crippen molar-refractivity contribution in [2.24, 2.45) is 0 Å². The van der Waals surface area contributed by atoms with Crippen LogP contribution in [0.1, 0.15) is 16.0 Å². The number of rotatable bonds is 4. The molecule has 7 nitrogen and oxygen atoms in total. The minimum atomic E-state index is 0.278. The zero-order valence-corrected chi connectivity index (χ0v) is 15.7. The van der Waals surface area contributed by atoms with Gasteiger partial charge in [0.2, 0.25) is 12.7 Å². The Balaban J connectivity index is 1.53. The van der Waals surface area contributed by atoms with E-state index in [9.17, 15) is 0 Å². The number of hydrogen-bond donors (Lipinski definition) is 1. The maximum atomic E-state index is 5.47. The third-order valence-electron chi connectivity index (χ3n) is 4.65. The Kier molecular flexibility index (Phi) is 3.71. The van der Waals surface area contributed by atoms with E-state index in [1.165, 1.54) is 10.4 Å². The molecule has 0 aliphatic carbocycles. The Morgan fingerprint density at radius 2 is 2.07 bits per heavy atom. The number of aryl methyl sites for hydroxylation is 2. The van der Waals surface area contributed by atoms with Gasteiger partial charge in [0.25, 0.3) is 0 Å². The zero-order chi connectivity index (χ0) is 18.4. The highest BCUT2D eigenvalue weighted by Crippen LogP contribution is 2.35. The maximum Gasteiger partial charge on any atom is 0.238 e. The van der Waals surface area contributed by atoms with Crippen LogP contribution in [0, 0.1) is 13.8 Å². The van der Waals surface area contributed by atoms with Crippen molar-refractivity contribution < 1.29 is 9.47 Å². The highest BCUT2D eigenvalue weighted by atomic mass is 32.1. The third-order valence-corrected chi connectivity index (χ3v) is 5.75. The first-order chi connectivity index (χ1) is 13.2. The molecule has 0 radical (unpaired) electrons. The Labute approximate surface area is 159 Å². The normalized spacial score (nSPS) is 12.7. The summed E-state index contributed by atoms with van der Waals surface area (Å²) in [7, 11) is 0. The van der Waals surface area contributed by atoms with Gasteiger partial charge in [0.15, 0.2) is 11.5 Å². The van der Waals surface area contributed by atoms with Crippen LogP contribution >= 0.6 is 11.3 Å². The lowest BCUT2D eigenvalue weighted by Gasteiger charge is -2.10. The van der Waals surface area contributed by atoms with E-state index in [4.69, 9.17) is 19.4 Å². The van der Waals surface area contributed by atoms with Gasteiger partial charge >= 0.3 is 0 Å². The Morgan fingerprint density at radius 3 is 2.93 bits per heavy atom. The van der Waals surface area contributed by atoms with E-state index in [2.05, 4.69) is 24.1 Å². The average molecular weight is 379 g/mol. The van der Waals surface area contributed by atoms with E-state index in [0.717, 1.165) is 33.1 Å². The molecule has 1 aliphatic rings. The van der Waals surface area contributed by atoms with E-state index in [-0.39, 0.29) is 6.79 Å². The van der Waals surface area contributed by atoms with E-state index >= 15 is 0 Å². The number of aromatic nitrogens is 4. The van der Waals surface area contributed by atoms with Crippen LogP contribution in [-0.4, -0.2) is 26.3 Å². The second-order valence-corrected chi connectivity index (χ2v) is 7.55. The lowest BCUT2D eigenvalue weighted by molar-refractivity contribution is 0.174. The molecule has 0 atom stereocenters. The molecule has 1 N–H and O–H groups in total. The molecule has 4 heterocycles. The van der Waals surface area contributed by atoms with Crippen molar-refractivity contribution >= 4 is 27.4 Å². The molecule has 4 aromatic rings. The number of benzene rings is 1. The fraction of sp³-hybridized carbons (Fsp3) is 0.211. The van der Waals surface area contributed by atoms with Gasteiger partial charge in [0, 0.05) is 23.8 Å². The van der Waals surface area contributed by atoms with E-state index in [1.54, 1.807) is 23.9 Å². The molecule has 0 fully saturated rings. The number of nitrogens with zero attached hydrogens (tertiary/aromatic N) is 4. The summed E-state index contributed by atoms with van der Waals surface area (Å²) in [6.45, 7) is 5.13. The van der Waals surface area contributed by atoms with Crippen molar-refractivity contribution in [3.8, 4) is 17.4 Å². The van der Waals surface area contributed by atoms with Crippen molar-refractivity contribution in [3.63, 3.8) is 0 Å². The topological polar surface area (TPSA) is 74.1 Å². The van der Waals surface area contributed by atoms with Crippen LogP contribution in [-0.2, 0) is 6.54 Å². The van der Waals surface area contributed by atoms with Crippen molar-refractivity contribution in [2.75, 3.05) is 12.1 Å². The second kappa shape index (κ2) is 6.24. The Morgan fingerprint density at radius 1 is 1.19 bits per heavy atom. The zero-order valence-electron chi connectivity index (χ0n) is 14.9. The van der Waals surface area contributed by atoms with Gasteiger partial charge in [0.1, 0.15) is 17.0 Å².